The molecule has 212 valence electrons. The summed E-state index contributed by atoms with van der Waals surface area (Å²) < 4.78 is 0. The van der Waals surface area contributed by atoms with Gasteiger partial charge in [0.1, 0.15) is 23.9 Å². The van der Waals surface area contributed by atoms with Crippen LogP contribution in [-0.4, -0.2) is 77.1 Å². The summed E-state index contributed by atoms with van der Waals surface area (Å²) in [4.78, 5) is 53.8. The van der Waals surface area contributed by atoms with Crippen LogP contribution in [-0.2, 0) is 25.6 Å². The van der Waals surface area contributed by atoms with Crippen molar-refractivity contribution in [3.63, 3.8) is 0 Å². The van der Waals surface area contributed by atoms with Gasteiger partial charge in [0.25, 0.3) is 0 Å². The molecule has 14 nitrogen and oxygen atoms in total. The van der Waals surface area contributed by atoms with Crippen LogP contribution < -0.4 is 38.9 Å². The molecule has 14 heteroatoms. The molecule has 38 heavy (non-hydrogen) atoms. The number of nitrogens with zero attached hydrogens (tertiary/aromatic N) is 1. The molecule has 13 N–H and O–H groups in total. The van der Waals surface area contributed by atoms with Crippen molar-refractivity contribution in [2.75, 3.05) is 13.1 Å². The number of hydrogen-bond acceptors (Lipinski definition) is 8. The summed E-state index contributed by atoms with van der Waals surface area (Å²) in [5.74, 6) is -3.29. The Labute approximate surface area is 221 Å². The van der Waals surface area contributed by atoms with Crippen molar-refractivity contribution in [1.29, 1.82) is 0 Å². The Kier molecular flexibility index (Phi) is 14.2. The fraction of sp³-hybridized carbons (Fsp3) is 0.542. The zero-order valence-corrected chi connectivity index (χ0v) is 21.6. The number of carbonyl (C=O) groups is 4. The van der Waals surface area contributed by atoms with Gasteiger partial charge in [-0.3, -0.25) is 19.4 Å². The van der Waals surface area contributed by atoms with Crippen LogP contribution in [0.25, 0.3) is 0 Å². The second-order valence-electron chi connectivity index (χ2n) is 8.90. The summed E-state index contributed by atoms with van der Waals surface area (Å²) in [5.41, 5.74) is 22.4. The van der Waals surface area contributed by atoms with Crippen LogP contribution in [0.5, 0.6) is 5.75 Å². The highest BCUT2D eigenvalue weighted by molar-refractivity contribution is 5.94. The molecule has 0 saturated carbocycles. The second-order valence-corrected chi connectivity index (χ2v) is 8.90. The summed E-state index contributed by atoms with van der Waals surface area (Å²) in [6.07, 6.45) is 2.12. The highest BCUT2D eigenvalue weighted by atomic mass is 16.4. The quantitative estimate of drug-likeness (QED) is 0.0600. The molecule has 0 spiro atoms. The van der Waals surface area contributed by atoms with E-state index in [0.717, 1.165) is 6.42 Å². The lowest BCUT2D eigenvalue weighted by Crippen LogP contribution is -2.57. The minimum Gasteiger partial charge on any atom is -0.508 e. The summed E-state index contributed by atoms with van der Waals surface area (Å²) in [6, 6.07) is 1.71. The zero-order valence-electron chi connectivity index (χ0n) is 21.6. The van der Waals surface area contributed by atoms with Crippen LogP contribution >= 0.6 is 0 Å². The lowest BCUT2D eigenvalue weighted by atomic mass is 10.0. The fourth-order valence-corrected chi connectivity index (χ4v) is 3.43. The van der Waals surface area contributed by atoms with E-state index in [9.17, 15) is 29.4 Å². The van der Waals surface area contributed by atoms with E-state index in [1.54, 1.807) is 12.1 Å². The van der Waals surface area contributed by atoms with Gasteiger partial charge in [0, 0.05) is 13.0 Å². The van der Waals surface area contributed by atoms with Crippen molar-refractivity contribution in [3.05, 3.63) is 29.8 Å². The average Bonchev–Trinajstić information content (AvgIpc) is 2.86. The number of nitrogens with two attached hydrogens (primary N) is 4. The van der Waals surface area contributed by atoms with Crippen molar-refractivity contribution in [3.8, 4) is 5.75 Å². The molecule has 4 unspecified atom stereocenters. The fourth-order valence-electron chi connectivity index (χ4n) is 3.43. The summed E-state index contributed by atoms with van der Waals surface area (Å²) in [7, 11) is 0. The Bertz CT molecular complexity index is 952. The molecule has 0 saturated heterocycles. The smallest absolute Gasteiger partial charge is 0.326 e. The van der Waals surface area contributed by atoms with Gasteiger partial charge in [0.15, 0.2) is 5.96 Å². The predicted octanol–water partition coefficient (Wildman–Crippen LogP) is -2.00. The van der Waals surface area contributed by atoms with Crippen LogP contribution in [0.3, 0.4) is 0 Å². The van der Waals surface area contributed by atoms with Gasteiger partial charge in [-0.25, -0.2) is 4.79 Å². The third-order valence-corrected chi connectivity index (χ3v) is 5.63. The number of carbonyl (C=O) groups excluding carboxylic acids is 3. The van der Waals surface area contributed by atoms with Crippen molar-refractivity contribution >= 4 is 29.7 Å². The lowest BCUT2D eigenvalue weighted by molar-refractivity contribution is -0.142. The van der Waals surface area contributed by atoms with Gasteiger partial charge in [0.2, 0.25) is 17.7 Å². The monoisotopic (exact) mass is 536 g/mol. The topological polar surface area (TPSA) is 261 Å². The Morgan fingerprint density at radius 1 is 0.895 bits per heavy atom. The van der Waals surface area contributed by atoms with E-state index in [-0.39, 0.29) is 31.1 Å². The number of phenols is 1. The maximum Gasteiger partial charge on any atom is 0.326 e. The number of carboxylic acid groups (broad SMARTS) is 1. The van der Waals surface area contributed by atoms with Gasteiger partial charge in [-0.1, -0.05) is 18.6 Å². The number of aromatic hydroxyl groups is 1. The third kappa shape index (κ3) is 12.4. The maximum absolute atomic E-state index is 13.1. The molecule has 3 amide bonds. The highest BCUT2D eigenvalue weighted by Gasteiger charge is 2.29. The standard InChI is InChI=1S/C24H40N8O6/c1-14(30-21(35)17(26)5-2-3-11-25)20(34)32-19(13-15-7-9-16(33)10-8-15)22(36)31-18(23(37)38)6-4-12-29-24(27)28/h7-10,14,17-19,33H,2-6,11-13,25-26H2,1H3,(H,30,35)(H,31,36)(H,32,34)(H,37,38)(H4,27,28,29). The summed E-state index contributed by atoms with van der Waals surface area (Å²) in [5, 5.41) is 26.6. The third-order valence-electron chi connectivity index (χ3n) is 5.63. The van der Waals surface area contributed by atoms with Crippen molar-refractivity contribution < 1.29 is 29.4 Å². The first-order valence-electron chi connectivity index (χ1n) is 12.4. The number of aliphatic imine (C=N–C) groups is 1. The molecule has 0 aliphatic rings. The largest absolute Gasteiger partial charge is 0.508 e. The number of guanidine groups is 1. The van der Waals surface area contributed by atoms with E-state index in [4.69, 9.17) is 22.9 Å². The number of aliphatic carboxylic acids is 1. The minimum absolute atomic E-state index is 0.00252. The first kappa shape index (κ1) is 32.1. The molecule has 4 atom stereocenters. The highest BCUT2D eigenvalue weighted by Crippen LogP contribution is 2.12. The summed E-state index contributed by atoms with van der Waals surface area (Å²) >= 11 is 0. The van der Waals surface area contributed by atoms with Crippen LogP contribution in [0.15, 0.2) is 29.3 Å². The molecular formula is C24H40N8O6. The first-order chi connectivity index (χ1) is 17.9. The number of carboxylic acids is 1. The van der Waals surface area contributed by atoms with Crippen LogP contribution in [0, 0.1) is 0 Å². The van der Waals surface area contributed by atoms with E-state index < -0.39 is 47.9 Å². The normalized spacial score (nSPS) is 13.9. The Morgan fingerprint density at radius 2 is 1.53 bits per heavy atom. The Hall–Kier alpha value is -3.91. The van der Waals surface area contributed by atoms with Crippen LogP contribution in [0.1, 0.15) is 44.6 Å². The van der Waals surface area contributed by atoms with Gasteiger partial charge >= 0.3 is 5.97 Å². The zero-order chi connectivity index (χ0) is 28.7. The van der Waals surface area contributed by atoms with E-state index in [1.807, 2.05) is 0 Å². The molecular weight excluding hydrogens is 496 g/mol. The molecule has 1 rings (SSSR count). The Balaban J connectivity index is 2.92. The summed E-state index contributed by atoms with van der Waals surface area (Å²) in [6.45, 7) is 2.11. The molecule has 1 aromatic carbocycles. The molecule has 1 aromatic rings. The number of amides is 3. The van der Waals surface area contributed by atoms with Crippen LogP contribution in [0.4, 0.5) is 0 Å². The maximum atomic E-state index is 13.1. The Morgan fingerprint density at radius 3 is 2.11 bits per heavy atom. The van der Waals surface area contributed by atoms with Gasteiger partial charge in [-0.2, -0.15) is 0 Å². The number of hydrogen-bond donors (Lipinski definition) is 9. The first-order valence-corrected chi connectivity index (χ1v) is 12.4. The molecule has 0 aromatic heterocycles. The number of benzene rings is 1. The van der Waals surface area contributed by atoms with Gasteiger partial charge < -0.3 is 49.1 Å². The molecule has 0 radical (unpaired) electrons. The number of unbranched alkanes of at least 4 members (excludes halogenated alkanes) is 1. The molecule has 0 aliphatic carbocycles. The van der Waals surface area contributed by atoms with E-state index in [1.165, 1.54) is 19.1 Å². The van der Waals surface area contributed by atoms with E-state index in [2.05, 4.69) is 20.9 Å². The second kappa shape index (κ2) is 16.8. The van der Waals surface area contributed by atoms with Crippen molar-refractivity contribution in [1.82, 2.24) is 16.0 Å². The number of nitrogens with one attached hydrogen (secondary N) is 3. The van der Waals surface area contributed by atoms with E-state index in [0.29, 0.717) is 31.4 Å². The van der Waals surface area contributed by atoms with Gasteiger partial charge in [-0.15, -0.1) is 0 Å². The number of phenolic OH excluding ortho intramolecular Hbond substituents is 1. The van der Waals surface area contributed by atoms with Gasteiger partial charge in [0.05, 0.1) is 6.04 Å². The predicted molar refractivity (Wildman–Crippen MR) is 142 cm³/mol. The van der Waals surface area contributed by atoms with E-state index >= 15 is 0 Å². The minimum atomic E-state index is -1.26. The molecule has 0 heterocycles. The number of rotatable bonds is 17. The SMILES string of the molecule is CC(NC(=O)C(N)CCCCN)C(=O)NC(Cc1ccc(O)cc1)C(=O)NC(CCCN=C(N)N)C(=O)O. The van der Waals surface area contributed by atoms with Crippen molar-refractivity contribution in [2.24, 2.45) is 27.9 Å². The molecule has 0 bridgehead atoms. The lowest BCUT2D eigenvalue weighted by Gasteiger charge is -2.24. The average molecular weight is 537 g/mol. The molecule has 0 aliphatic heterocycles. The van der Waals surface area contributed by atoms with Crippen LogP contribution in [0.2, 0.25) is 0 Å². The molecule has 0 fully saturated rings. The van der Waals surface area contributed by atoms with Crippen molar-refractivity contribution in [2.45, 2.75) is 69.6 Å². The van der Waals surface area contributed by atoms with Gasteiger partial charge in [-0.05, 0) is 56.8 Å².